The van der Waals surface area contributed by atoms with Crippen LogP contribution in [-0.2, 0) is 0 Å². The third-order valence-corrected chi connectivity index (χ3v) is 1.64. The largest absolute Gasteiger partial charge is 0.220 e. The molecule has 0 radical (unpaired) electrons. The highest BCUT2D eigenvalue weighted by atomic mass is 32.2. The zero-order chi connectivity index (χ0) is 10.1. The van der Waals surface area contributed by atoms with Gasteiger partial charge in [-0.1, -0.05) is 31.4 Å². The summed E-state index contributed by atoms with van der Waals surface area (Å²) in [6.07, 6.45) is 9.32. The van der Waals surface area contributed by atoms with E-state index in [2.05, 4.69) is 17.6 Å². The molecule has 0 aliphatic rings. The standard InChI is InChI=1S/C11H15NS/c1-5-6-7-11(4)8-9-12-13-10(2)3/h5-9H,1-2H2,3-4H3/b7-6-,11-8-,12-9-. The summed E-state index contributed by atoms with van der Waals surface area (Å²) in [6.45, 7) is 11.2. The van der Waals surface area contributed by atoms with E-state index in [9.17, 15) is 0 Å². The van der Waals surface area contributed by atoms with Gasteiger partial charge in [0, 0.05) is 18.2 Å². The molecule has 1 nitrogen and oxygen atoms in total. The molecule has 0 aliphatic carbocycles. The Bertz CT molecular complexity index is 259. The van der Waals surface area contributed by atoms with Crippen molar-refractivity contribution in [3.05, 3.63) is 47.9 Å². The molecule has 2 heteroatoms. The molecular weight excluding hydrogens is 178 g/mol. The Morgan fingerprint density at radius 3 is 2.62 bits per heavy atom. The van der Waals surface area contributed by atoms with Crippen LogP contribution in [0, 0.1) is 0 Å². The van der Waals surface area contributed by atoms with Crippen molar-refractivity contribution in [2.24, 2.45) is 4.40 Å². The third-order valence-electron chi connectivity index (χ3n) is 1.10. The Morgan fingerprint density at radius 2 is 2.08 bits per heavy atom. The zero-order valence-corrected chi connectivity index (χ0v) is 8.97. The predicted molar refractivity (Wildman–Crippen MR) is 64.0 cm³/mol. The van der Waals surface area contributed by atoms with Crippen molar-refractivity contribution in [1.82, 2.24) is 0 Å². The first-order chi connectivity index (χ1) is 6.16. The van der Waals surface area contributed by atoms with Crippen LogP contribution in [0.3, 0.4) is 0 Å². The zero-order valence-electron chi connectivity index (χ0n) is 8.16. The first-order valence-corrected chi connectivity index (χ1v) is 4.76. The van der Waals surface area contributed by atoms with Gasteiger partial charge in [0.2, 0.25) is 0 Å². The molecule has 0 fully saturated rings. The van der Waals surface area contributed by atoms with Gasteiger partial charge in [-0.25, -0.2) is 4.40 Å². The molecule has 0 atom stereocenters. The second-order valence-electron chi connectivity index (χ2n) is 2.55. The topological polar surface area (TPSA) is 12.4 Å². The third kappa shape index (κ3) is 8.89. The fourth-order valence-electron chi connectivity index (χ4n) is 0.544. The van der Waals surface area contributed by atoms with E-state index in [0.717, 1.165) is 10.5 Å². The van der Waals surface area contributed by atoms with Gasteiger partial charge in [-0.2, -0.15) is 0 Å². The lowest BCUT2D eigenvalue weighted by molar-refractivity contribution is 1.54. The van der Waals surface area contributed by atoms with Gasteiger partial charge in [-0.05, 0) is 30.4 Å². The van der Waals surface area contributed by atoms with Crippen LogP contribution >= 0.6 is 11.9 Å². The highest BCUT2D eigenvalue weighted by molar-refractivity contribution is 8.01. The van der Waals surface area contributed by atoms with Gasteiger partial charge < -0.3 is 0 Å². The van der Waals surface area contributed by atoms with Crippen LogP contribution in [0.4, 0.5) is 0 Å². The van der Waals surface area contributed by atoms with E-state index in [1.165, 1.54) is 11.9 Å². The van der Waals surface area contributed by atoms with Crippen LogP contribution in [-0.4, -0.2) is 6.21 Å². The Kier molecular flexibility index (Phi) is 7.02. The average molecular weight is 193 g/mol. The molecule has 70 valence electrons. The summed E-state index contributed by atoms with van der Waals surface area (Å²) < 4.78 is 4.07. The summed E-state index contributed by atoms with van der Waals surface area (Å²) in [5.41, 5.74) is 1.14. The molecule has 0 heterocycles. The Balaban J connectivity index is 3.95. The highest BCUT2D eigenvalue weighted by Crippen LogP contribution is 2.11. The molecule has 0 aromatic rings. The van der Waals surface area contributed by atoms with Crippen molar-refractivity contribution in [2.75, 3.05) is 0 Å². The lowest BCUT2D eigenvalue weighted by Crippen LogP contribution is -1.69. The van der Waals surface area contributed by atoms with E-state index in [4.69, 9.17) is 0 Å². The lowest BCUT2D eigenvalue weighted by Gasteiger charge is -1.88. The maximum Gasteiger partial charge on any atom is 0.0358 e. The number of nitrogens with zero attached hydrogens (tertiary/aromatic N) is 1. The van der Waals surface area contributed by atoms with E-state index in [1.807, 2.05) is 32.1 Å². The molecule has 0 rings (SSSR count). The molecule has 0 aromatic carbocycles. The summed E-state index contributed by atoms with van der Waals surface area (Å²) in [5, 5.41) is 0. The Labute approximate surface area is 84.8 Å². The number of hydrogen-bond donors (Lipinski definition) is 0. The fraction of sp³-hybridized carbons (Fsp3) is 0.182. The van der Waals surface area contributed by atoms with Gasteiger partial charge in [-0.3, -0.25) is 0 Å². The van der Waals surface area contributed by atoms with Crippen molar-refractivity contribution in [1.29, 1.82) is 0 Å². The van der Waals surface area contributed by atoms with Crippen molar-refractivity contribution in [2.45, 2.75) is 13.8 Å². The number of hydrogen-bond acceptors (Lipinski definition) is 2. The van der Waals surface area contributed by atoms with E-state index >= 15 is 0 Å². The van der Waals surface area contributed by atoms with Crippen LogP contribution in [0.1, 0.15) is 13.8 Å². The van der Waals surface area contributed by atoms with Crippen molar-refractivity contribution < 1.29 is 0 Å². The van der Waals surface area contributed by atoms with Gasteiger partial charge in [0.1, 0.15) is 0 Å². The summed E-state index contributed by atoms with van der Waals surface area (Å²) in [7, 11) is 0. The number of rotatable bonds is 5. The highest BCUT2D eigenvalue weighted by Gasteiger charge is 1.79. The molecule has 0 saturated heterocycles. The van der Waals surface area contributed by atoms with Gasteiger partial charge in [0.05, 0.1) is 0 Å². The van der Waals surface area contributed by atoms with E-state index in [-0.39, 0.29) is 0 Å². The Morgan fingerprint density at radius 1 is 1.38 bits per heavy atom. The normalized spacial score (nSPS) is 12.6. The van der Waals surface area contributed by atoms with Crippen molar-refractivity contribution in [3.63, 3.8) is 0 Å². The summed E-state index contributed by atoms with van der Waals surface area (Å²) in [5.74, 6) is 0. The van der Waals surface area contributed by atoms with Gasteiger partial charge in [0.25, 0.3) is 0 Å². The average Bonchev–Trinajstić information content (AvgIpc) is 2.08. The van der Waals surface area contributed by atoms with Gasteiger partial charge in [0.15, 0.2) is 0 Å². The van der Waals surface area contributed by atoms with Crippen LogP contribution in [0.15, 0.2) is 52.3 Å². The monoisotopic (exact) mass is 193 g/mol. The summed E-state index contributed by atoms with van der Waals surface area (Å²) in [4.78, 5) is 0.990. The van der Waals surface area contributed by atoms with E-state index in [1.54, 1.807) is 12.3 Å². The maximum atomic E-state index is 4.07. The van der Waals surface area contributed by atoms with Gasteiger partial charge in [-0.15, -0.1) is 0 Å². The quantitative estimate of drug-likeness (QED) is 0.366. The Hall–Kier alpha value is -1.02. The second-order valence-corrected chi connectivity index (χ2v) is 3.64. The number of allylic oxidation sites excluding steroid dienone is 6. The molecule has 0 N–H and O–H groups in total. The minimum Gasteiger partial charge on any atom is -0.220 e. The molecule has 0 aliphatic heterocycles. The molecular formula is C11H15NS. The molecule has 0 bridgehead atoms. The molecule has 0 unspecified atom stereocenters. The molecule has 0 saturated carbocycles. The molecule has 0 spiro atoms. The SMILES string of the molecule is C=C\C=C/C(C)=C\C=N/SC(=C)C. The maximum absolute atomic E-state index is 4.07. The minimum absolute atomic E-state index is 0.990. The molecule has 13 heavy (non-hydrogen) atoms. The lowest BCUT2D eigenvalue weighted by atomic mass is 10.2. The van der Waals surface area contributed by atoms with Crippen LogP contribution < -0.4 is 0 Å². The predicted octanol–water partition coefficient (Wildman–Crippen LogP) is 3.93. The van der Waals surface area contributed by atoms with Crippen LogP contribution in [0.5, 0.6) is 0 Å². The van der Waals surface area contributed by atoms with Gasteiger partial charge >= 0.3 is 0 Å². The first-order valence-electron chi connectivity index (χ1n) is 3.98. The van der Waals surface area contributed by atoms with E-state index < -0.39 is 0 Å². The summed E-state index contributed by atoms with van der Waals surface area (Å²) >= 11 is 1.38. The van der Waals surface area contributed by atoms with Crippen LogP contribution in [0.2, 0.25) is 0 Å². The fourth-order valence-corrected chi connectivity index (χ4v) is 0.845. The minimum atomic E-state index is 0.990. The molecule has 0 aromatic heterocycles. The van der Waals surface area contributed by atoms with E-state index in [0.29, 0.717) is 0 Å². The van der Waals surface area contributed by atoms with Crippen molar-refractivity contribution in [3.8, 4) is 0 Å². The first kappa shape index (κ1) is 12.0. The van der Waals surface area contributed by atoms with Crippen LogP contribution in [0.25, 0.3) is 0 Å². The summed E-state index contributed by atoms with van der Waals surface area (Å²) in [6, 6.07) is 0. The smallest absolute Gasteiger partial charge is 0.0358 e. The van der Waals surface area contributed by atoms with Crippen molar-refractivity contribution >= 4 is 18.2 Å². The molecule has 0 amide bonds. The second kappa shape index (κ2) is 7.62.